The zero-order valence-electron chi connectivity index (χ0n) is 10.4. The van der Waals surface area contributed by atoms with E-state index in [1.165, 1.54) is 6.07 Å². The Morgan fingerprint density at radius 2 is 1.94 bits per heavy atom. The molecule has 94 valence electrons. The molecule has 0 radical (unpaired) electrons. The van der Waals surface area contributed by atoms with Crippen molar-refractivity contribution in [1.29, 1.82) is 0 Å². The van der Waals surface area contributed by atoms with Crippen LogP contribution in [0, 0.1) is 5.82 Å². The number of nitrogens with zero attached hydrogens (tertiary/aromatic N) is 2. The van der Waals surface area contributed by atoms with Crippen molar-refractivity contribution in [3.8, 4) is 0 Å². The normalized spacial score (nSPS) is 10.6. The molecular weight excluding hydrogens is 237 g/mol. The fourth-order valence-electron chi connectivity index (χ4n) is 1.55. The molecule has 5 heteroatoms. The Kier molecular flexibility index (Phi) is 4.84. The summed E-state index contributed by atoms with van der Waals surface area (Å²) in [7, 11) is 5.89. The predicted octanol–water partition coefficient (Wildman–Crippen LogP) is 1.46. The van der Waals surface area contributed by atoms with E-state index in [4.69, 9.17) is 18.0 Å². The summed E-state index contributed by atoms with van der Waals surface area (Å²) in [6, 6.07) is 4.86. The standard InChI is InChI=1S/C12H18FN3S/c1-15(2)7-8-16(3)10-6-4-5-9(13)11(10)12(14)17/h4-6H,7-8H2,1-3H3,(H2,14,17). The smallest absolute Gasteiger partial charge is 0.135 e. The lowest BCUT2D eigenvalue weighted by Crippen LogP contribution is -2.30. The second-order valence-corrected chi connectivity index (χ2v) is 4.66. The lowest BCUT2D eigenvalue weighted by Gasteiger charge is -2.24. The molecule has 0 fully saturated rings. The van der Waals surface area contributed by atoms with Gasteiger partial charge >= 0.3 is 0 Å². The van der Waals surface area contributed by atoms with Gasteiger partial charge in [0.15, 0.2) is 0 Å². The zero-order valence-corrected chi connectivity index (χ0v) is 11.2. The average molecular weight is 255 g/mol. The van der Waals surface area contributed by atoms with E-state index in [2.05, 4.69) is 4.90 Å². The molecule has 0 spiro atoms. The maximum Gasteiger partial charge on any atom is 0.135 e. The topological polar surface area (TPSA) is 32.5 Å². The Balaban J connectivity index is 2.96. The summed E-state index contributed by atoms with van der Waals surface area (Å²) in [6.45, 7) is 1.66. The molecule has 0 heterocycles. The van der Waals surface area contributed by atoms with Gasteiger partial charge in [-0.1, -0.05) is 18.3 Å². The van der Waals surface area contributed by atoms with E-state index in [1.54, 1.807) is 6.07 Å². The van der Waals surface area contributed by atoms with E-state index >= 15 is 0 Å². The van der Waals surface area contributed by atoms with Gasteiger partial charge in [0.2, 0.25) is 0 Å². The van der Waals surface area contributed by atoms with Crippen molar-refractivity contribution in [2.24, 2.45) is 5.73 Å². The number of hydrogen-bond acceptors (Lipinski definition) is 3. The third-order valence-corrected chi connectivity index (χ3v) is 2.74. The summed E-state index contributed by atoms with van der Waals surface area (Å²) in [6.07, 6.45) is 0. The fraction of sp³-hybridized carbons (Fsp3) is 0.417. The predicted molar refractivity (Wildman–Crippen MR) is 74.1 cm³/mol. The van der Waals surface area contributed by atoms with Gasteiger partial charge in [-0.25, -0.2) is 4.39 Å². The Morgan fingerprint density at radius 3 is 2.47 bits per heavy atom. The third-order valence-electron chi connectivity index (χ3n) is 2.53. The molecule has 0 aromatic heterocycles. The van der Waals surface area contributed by atoms with E-state index in [-0.39, 0.29) is 10.8 Å². The first-order valence-corrected chi connectivity index (χ1v) is 5.78. The van der Waals surface area contributed by atoms with Crippen LogP contribution in [0.1, 0.15) is 5.56 Å². The number of hydrogen-bond donors (Lipinski definition) is 1. The fourth-order valence-corrected chi connectivity index (χ4v) is 1.75. The molecule has 0 atom stereocenters. The van der Waals surface area contributed by atoms with Crippen LogP contribution in [0.3, 0.4) is 0 Å². The lowest BCUT2D eigenvalue weighted by atomic mass is 10.1. The quantitative estimate of drug-likeness (QED) is 0.807. The van der Waals surface area contributed by atoms with Crippen molar-refractivity contribution < 1.29 is 4.39 Å². The van der Waals surface area contributed by atoms with Gasteiger partial charge in [-0.2, -0.15) is 0 Å². The van der Waals surface area contributed by atoms with Crippen molar-refractivity contribution in [2.75, 3.05) is 39.1 Å². The van der Waals surface area contributed by atoms with Gasteiger partial charge in [0.25, 0.3) is 0 Å². The van der Waals surface area contributed by atoms with E-state index in [0.717, 1.165) is 18.8 Å². The minimum Gasteiger partial charge on any atom is -0.389 e. The molecule has 0 saturated heterocycles. The summed E-state index contributed by atoms with van der Waals surface area (Å²) in [5, 5.41) is 0. The molecule has 0 amide bonds. The highest BCUT2D eigenvalue weighted by molar-refractivity contribution is 7.80. The first kappa shape index (κ1) is 13.9. The van der Waals surface area contributed by atoms with Gasteiger partial charge in [-0.15, -0.1) is 0 Å². The molecule has 1 aromatic rings. The zero-order chi connectivity index (χ0) is 13.0. The number of halogens is 1. The number of thiocarbonyl (C=S) groups is 1. The first-order chi connectivity index (χ1) is 7.93. The van der Waals surface area contributed by atoms with E-state index in [1.807, 2.05) is 32.1 Å². The van der Waals surface area contributed by atoms with Crippen LogP contribution < -0.4 is 10.6 Å². The van der Waals surface area contributed by atoms with Gasteiger partial charge in [0.1, 0.15) is 10.8 Å². The molecule has 0 aliphatic carbocycles. The molecule has 1 rings (SSSR count). The number of benzene rings is 1. The molecular formula is C12H18FN3S. The number of anilines is 1. The summed E-state index contributed by atoms with van der Waals surface area (Å²) < 4.78 is 13.7. The summed E-state index contributed by atoms with van der Waals surface area (Å²) in [5.74, 6) is -0.369. The highest BCUT2D eigenvalue weighted by Gasteiger charge is 2.14. The minimum atomic E-state index is -0.369. The van der Waals surface area contributed by atoms with Crippen molar-refractivity contribution in [1.82, 2.24) is 4.90 Å². The van der Waals surface area contributed by atoms with Crippen LogP contribution in [0.25, 0.3) is 0 Å². The van der Waals surface area contributed by atoms with Crippen LogP contribution >= 0.6 is 12.2 Å². The van der Waals surface area contributed by atoms with Crippen LogP contribution in [0.4, 0.5) is 10.1 Å². The van der Waals surface area contributed by atoms with Crippen molar-refractivity contribution in [2.45, 2.75) is 0 Å². The maximum absolute atomic E-state index is 13.7. The van der Waals surface area contributed by atoms with Crippen molar-refractivity contribution >= 4 is 22.9 Å². The number of nitrogens with two attached hydrogens (primary N) is 1. The van der Waals surface area contributed by atoms with Gasteiger partial charge in [-0.3, -0.25) is 0 Å². The largest absolute Gasteiger partial charge is 0.389 e. The van der Waals surface area contributed by atoms with Crippen LogP contribution in [0.5, 0.6) is 0 Å². The van der Waals surface area contributed by atoms with Gasteiger partial charge in [0.05, 0.1) is 5.56 Å². The maximum atomic E-state index is 13.7. The second-order valence-electron chi connectivity index (χ2n) is 4.22. The molecule has 17 heavy (non-hydrogen) atoms. The number of likely N-dealkylation sites (N-methyl/N-ethyl adjacent to an activating group) is 2. The summed E-state index contributed by atoms with van der Waals surface area (Å²) >= 11 is 4.89. The Hall–Kier alpha value is -1.20. The first-order valence-electron chi connectivity index (χ1n) is 5.37. The van der Waals surface area contributed by atoms with Crippen LogP contribution in [0.15, 0.2) is 18.2 Å². The molecule has 0 unspecified atom stereocenters. The highest BCUT2D eigenvalue weighted by Crippen LogP contribution is 2.22. The molecule has 0 aliphatic heterocycles. The molecule has 1 aromatic carbocycles. The van der Waals surface area contributed by atoms with Crippen molar-refractivity contribution in [3.63, 3.8) is 0 Å². The molecule has 2 N–H and O–H groups in total. The summed E-state index contributed by atoms with van der Waals surface area (Å²) in [4.78, 5) is 4.11. The van der Waals surface area contributed by atoms with E-state index in [9.17, 15) is 4.39 Å². The SMILES string of the molecule is CN(C)CCN(C)c1cccc(F)c1C(N)=S. The van der Waals surface area contributed by atoms with E-state index < -0.39 is 0 Å². The van der Waals surface area contributed by atoms with Crippen LogP contribution in [-0.2, 0) is 0 Å². The Morgan fingerprint density at radius 1 is 1.29 bits per heavy atom. The highest BCUT2D eigenvalue weighted by atomic mass is 32.1. The van der Waals surface area contributed by atoms with Gasteiger partial charge < -0.3 is 15.5 Å². The minimum absolute atomic E-state index is 0.0924. The van der Waals surface area contributed by atoms with Crippen molar-refractivity contribution in [3.05, 3.63) is 29.6 Å². The lowest BCUT2D eigenvalue weighted by molar-refractivity contribution is 0.416. The molecule has 0 bridgehead atoms. The van der Waals surface area contributed by atoms with Gasteiger partial charge in [-0.05, 0) is 26.2 Å². The third kappa shape index (κ3) is 3.64. The number of rotatable bonds is 5. The van der Waals surface area contributed by atoms with Crippen LogP contribution in [0.2, 0.25) is 0 Å². The monoisotopic (exact) mass is 255 g/mol. The Labute approximate surface area is 107 Å². The second kappa shape index (κ2) is 5.93. The van der Waals surface area contributed by atoms with Crippen LogP contribution in [-0.4, -0.2) is 44.1 Å². The van der Waals surface area contributed by atoms with Gasteiger partial charge in [0, 0.05) is 25.8 Å². The molecule has 0 saturated carbocycles. The molecule has 0 aliphatic rings. The average Bonchev–Trinajstić information content (AvgIpc) is 2.24. The summed E-state index contributed by atoms with van der Waals surface area (Å²) in [5.41, 5.74) is 6.62. The Bertz CT molecular complexity index is 407. The molecule has 3 nitrogen and oxygen atoms in total. The van der Waals surface area contributed by atoms with E-state index in [0.29, 0.717) is 5.56 Å².